The lowest BCUT2D eigenvalue weighted by Gasteiger charge is -2.25. The van der Waals surface area contributed by atoms with E-state index in [0.29, 0.717) is 12.8 Å². The van der Waals surface area contributed by atoms with E-state index in [-0.39, 0.29) is 19.1 Å². The van der Waals surface area contributed by atoms with Gasteiger partial charge in [-0.2, -0.15) is 0 Å². The van der Waals surface area contributed by atoms with Crippen LogP contribution in [0.5, 0.6) is 0 Å². The minimum absolute atomic E-state index is 0.232. The van der Waals surface area contributed by atoms with Crippen molar-refractivity contribution in [3.8, 4) is 0 Å². The summed E-state index contributed by atoms with van der Waals surface area (Å²) in [4.78, 5) is 25.7. The average molecular weight is 347 g/mol. The molecule has 1 aromatic carbocycles. The standard InChI is InChI=1S/C20H29NO4/c1-2-3-4-5-9-12-18(22)17(15-16-10-7-6-8-11-16)19(23)21-13-14-25-20(21)24/h6-8,10-11,17-18,22H,2-5,9,12-15H2,1H3/t17-,18+/m1/s1. The van der Waals surface area contributed by atoms with E-state index in [1.54, 1.807) is 0 Å². The van der Waals surface area contributed by atoms with Crippen molar-refractivity contribution < 1.29 is 19.4 Å². The summed E-state index contributed by atoms with van der Waals surface area (Å²) < 4.78 is 4.88. The third-order valence-electron chi connectivity index (χ3n) is 4.71. The number of carbonyl (C=O) groups is 2. The number of rotatable bonds is 10. The number of nitrogens with zero attached hydrogens (tertiary/aromatic N) is 1. The van der Waals surface area contributed by atoms with Gasteiger partial charge >= 0.3 is 6.09 Å². The maximum atomic E-state index is 12.8. The Morgan fingerprint density at radius 1 is 1.20 bits per heavy atom. The average Bonchev–Trinajstić information content (AvgIpc) is 3.05. The summed E-state index contributed by atoms with van der Waals surface area (Å²) in [6.45, 7) is 2.67. The molecule has 1 N–H and O–H groups in total. The number of amides is 2. The first-order chi connectivity index (χ1) is 12.1. The molecule has 0 aromatic heterocycles. The van der Waals surface area contributed by atoms with Gasteiger partial charge in [0.05, 0.1) is 18.6 Å². The topological polar surface area (TPSA) is 66.8 Å². The summed E-state index contributed by atoms with van der Waals surface area (Å²) in [5.74, 6) is -0.938. The zero-order valence-electron chi connectivity index (χ0n) is 15.0. The molecule has 5 heteroatoms. The molecule has 1 aliphatic heterocycles. The molecule has 0 bridgehead atoms. The van der Waals surface area contributed by atoms with Crippen LogP contribution in [-0.2, 0) is 16.0 Å². The first-order valence-corrected chi connectivity index (χ1v) is 9.33. The van der Waals surface area contributed by atoms with Gasteiger partial charge in [0.25, 0.3) is 0 Å². The molecule has 0 aliphatic carbocycles. The van der Waals surface area contributed by atoms with Gasteiger partial charge in [-0.15, -0.1) is 0 Å². The van der Waals surface area contributed by atoms with Crippen LogP contribution in [0.15, 0.2) is 30.3 Å². The van der Waals surface area contributed by atoms with E-state index in [9.17, 15) is 14.7 Å². The second-order valence-electron chi connectivity index (χ2n) is 6.67. The van der Waals surface area contributed by atoms with E-state index < -0.39 is 18.1 Å². The Kier molecular flexibility index (Phi) is 7.92. The Morgan fingerprint density at radius 2 is 1.92 bits per heavy atom. The lowest BCUT2D eigenvalue weighted by molar-refractivity contribution is -0.135. The number of carbonyl (C=O) groups excluding carboxylic acids is 2. The highest BCUT2D eigenvalue weighted by Gasteiger charge is 2.36. The largest absolute Gasteiger partial charge is 0.447 e. The Bertz CT molecular complexity index is 546. The van der Waals surface area contributed by atoms with Gasteiger partial charge in [-0.05, 0) is 18.4 Å². The van der Waals surface area contributed by atoms with E-state index >= 15 is 0 Å². The van der Waals surface area contributed by atoms with Crippen LogP contribution >= 0.6 is 0 Å². The summed E-state index contributed by atoms with van der Waals surface area (Å²) in [5.41, 5.74) is 0.985. The fourth-order valence-corrected chi connectivity index (χ4v) is 3.21. The molecule has 0 saturated carbocycles. The molecule has 1 fully saturated rings. The van der Waals surface area contributed by atoms with Gasteiger partial charge in [0.2, 0.25) is 5.91 Å². The van der Waals surface area contributed by atoms with Gasteiger partial charge in [0, 0.05) is 0 Å². The summed E-state index contributed by atoms with van der Waals surface area (Å²) in [5, 5.41) is 10.6. The van der Waals surface area contributed by atoms with Gasteiger partial charge in [0.1, 0.15) is 6.61 Å². The van der Waals surface area contributed by atoms with Crippen molar-refractivity contribution in [1.29, 1.82) is 0 Å². The lowest BCUT2D eigenvalue weighted by Crippen LogP contribution is -2.42. The molecule has 2 rings (SSSR count). The number of aliphatic hydroxyl groups excluding tert-OH is 1. The summed E-state index contributed by atoms with van der Waals surface area (Å²) in [6.07, 6.45) is 5.14. The molecular weight excluding hydrogens is 318 g/mol. The van der Waals surface area contributed by atoms with E-state index in [1.807, 2.05) is 30.3 Å². The smallest absolute Gasteiger partial charge is 0.416 e. The van der Waals surface area contributed by atoms with Crippen LogP contribution in [0.4, 0.5) is 4.79 Å². The predicted molar refractivity (Wildman–Crippen MR) is 96.1 cm³/mol. The molecule has 138 valence electrons. The van der Waals surface area contributed by atoms with E-state index in [0.717, 1.165) is 29.7 Å². The van der Waals surface area contributed by atoms with Crippen LogP contribution in [0.3, 0.4) is 0 Å². The minimum atomic E-state index is -0.747. The molecular formula is C20H29NO4. The zero-order valence-corrected chi connectivity index (χ0v) is 15.0. The Morgan fingerprint density at radius 3 is 2.56 bits per heavy atom. The van der Waals surface area contributed by atoms with Crippen LogP contribution in [0.25, 0.3) is 0 Å². The highest BCUT2D eigenvalue weighted by Crippen LogP contribution is 2.22. The molecule has 2 atom stereocenters. The first-order valence-electron chi connectivity index (χ1n) is 9.33. The number of unbranched alkanes of at least 4 members (excludes halogenated alkanes) is 4. The zero-order chi connectivity index (χ0) is 18.1. The predicted octanol–water partition coefficient (Wildman–Crippen LogP) is 3.55. The highest BCUT2D eigenvalue weighted by molar-refractivity contribution is 5.94. The van der Waals surface area contributed by atoms with Crippen molar-refractivity contribution in [3.63, 3.8) is 0 Å². The quantitative estimate of drug-likeness (QED) is 0.657. The second kappa shape index (κ2) is 10.2. The van der Waals surface area contributed by atoms with Crippen molar-refractivity contribution in [2.75, 3.05) is 13.2 Å². The summed E-state index contributed by atoms with van der Waals surface area (Å²) >= 11 is 0. The third-order valence-corrected chi connectivity index (χ3v) is 4.71. The Balaban J connectivity index is 2.00. The SMILES string of the molecule is CCCCCCC[C@H](O)[C@@H](Cc1ccccc1)C(=O)N1CCOC1=O. The van der Waals surface area contributed by atoms with E-state index in [1.165, 1.54) is 12.8 Å². The van der Waals surface area contributed by atoms with Crippen LogP contribution in [0, 0.1) is 5.92 Å². The van der Waals surface area contributed by atoms with Gasteiger partial charge in [-0.3, -0.25) is 4.79 Å². The Hall–Kier alpha value is -1.88. The monoisotopic (exact) mass is 347 g/mol. The number of ether oxygens (including phenoxy) is 1. The van der Waals surface area contributed by atoms with Gasteiger partial charge in [0.15, 0.2) is 0 Å². The highest BCUT2D eigenvalue weighted by atomic mass is 16.6. The molecule has 25 heavy (non-hydrogen) atoms. The van der Waals surface area contributed by atoms with Crippen LogP contribution in [0.2, 0.25) is 0 Å². The molecule has 0 unspecified atom stereocenters. The number of cyclic esters (lactones) is 1. The van der Waals surface area contributed by atoms with Crippen molar-refractivity contribution in [1.82, 2.24) is 4.90 Å². The molecule has 1 saturated heterocycles. The summed E-state index contributed by atoms with van der Waals surface area (Å²) in [6, 6.07) is 9.63. The van der Waals surface area contributed by atoms with Gasteiger partial charge in [-0.1, -0.05) is 69.4 Å². The first kappa shape index (κ1) is 19.4. The number of hydrogen-bond donors (Lipinski definition) is 1. The van der Waals surface area contributed by atoms with E-state index in [2.05, 4.69) is 6.92 Å². The molecule has 0 radical (unpaired) electrons. The fraction of sp³-hybridized carbons (Fsp3) is 0.600. The Labute approximate surface area is 150 Å². The van der Waals surface area contributed by atoms with Crippen LogP contribution in [0.1, 0.15) is 51.0 Å². The molecule has 2 amide bonds. The maximum absolute atomic E-state index is 12.8. The maximum Gasteiger partial charge on any atom is 0.416 e. The molecule has 1 aliphatic rings. The summed E-state index contributed by atoms with van der Waals surface area (Å²) in [7, 11) is 0. The molecule has 1 heterocycles. The minimum Gasteiger partial charge on any atom is -0.447 e. The number of hydrogen-bond acceptors (Lipinski definition) is 4. The number of benzene rings is 1. The van der Waals surface area contributed by atoms with Gasteiger partial charge < -0.3 is 9.84 Å². The van der Waals surface area contributed by atoms with Crippen molar-refractivity contribution in [2.24, 2.45) is 5.92 Å². The molecule has 0 spiro atoms. The molecule has 5 nitrogen and oxygen atoms in total. The van der Waals surface area contributed by atoms with Crippen molar-refractivity contribution >= 4 is 12.0 Å². The normalized spacial score (nSPS) is 16.6. The van der Waals surface area contributed by atoms with Gasteiger partial charge in [-0.25, -0.2) is 9.69 Å². The van der Waals surface area contributed by atoms with Crippen LogP contribution in [-0.4, -0.2) is 41.3 Å². The molecule has 1 aromatic rings. The van der Waals surface area contributed by atoms with Crippen molar-refractivity contribution in [3.05, 3.63) is 35.9 Å². The van der Waals surface area contributed by atoms with Crippen LogP contribution < -0.4 is 0 Å². The van der Waals surface area contributed by atoms with E-state index in [4.69, 9.17) is 4.74 Å². The van der Waals surface area contributed by atoms with Crippen molar-refractivity contribution in [2.45, 2.75) is 58.0 Å². The fourth-order valence-electron chi connectivity index (χ4n) is 3.21. The third kappa shape index (κ3) is 5.85. The number of imide groups is 1. The lowest BCUT2D eigenvalue weighted by atomic mass is 9.89. The number of aliphatic hydroxyl groups is 1. The second-order valence-corrected chi connectivity index (χ2v) is 6.67.